The van der Waals surface area contributed by atoms with Gasteiger partial charge in [0.25, 0.3) is 0 Å². The first kappa shape index (κ1) is 24.5. The summed E-state index contributed by atoms with van der Waals surface area (Å²) in [5.74, 6) is 3.56. The first-order chi connectivity index (χ1) is 18.1. The second-order valence-electron chi connectivity index (χ2n) is 8.78. The number of hydrogen-bond acceptors (Lipinski definition) is 6. The molecule has 3 aromatic carbocycles. The maximum absolute atomic E-state index is 13.2. The van der Waals surface area contributed by atoms with Gasteiger partial charge in [-0.1, -0.05) is 24.3 Å². The third-order valence-corrected chi connectivity index (χ3v) is 6.57. The van der Waals surface area contributed by atoms with Crippen LogP contribution in [0.4, 0.5) is 5.69 Å². The normalized spacial score (nSPS) is 15.3. The number of carbonyl (C=O) groups is 1. The van der Waals surface area contributed by atoms with Gasteiger partial charge >= 0.3 is 0 Å². The second-order valence-corrected chi connectivity index (χ2v) is 8.78. The van der Waals surface area contributed by atoms with Crippen molar-refractivity contribution in [1.29, 1.82) is 0 Å². The molecule has 1 atom stereocenters. The molecule has 4 aromatic rings. The number of aromatic nitrogens is 2. The summed E-state index contributed by atoms with van der Waals surface area (Å²) in [7, 11) is 3.21. The number of para-hydroxylation sites is 4. The topological polar surface area (TPSA) is 75.1 Å². The zero-order valence-corrected chi connectivity index (χ0v) is 21.3. The SMILES string of the molecule is CCOc1ccccc1OCCn1c(C2CC(=O)N(c3cc(OC)ccc3OC)C2)nc2ccccc21. The number of anilines is 1. The zero-order chi connectivity index (χ0) is 25.8. The molecule has 0 bridgehead atoms. The van der Waals surface area contributed by atoms with Crippen molar-refractivity contribution >= 4 is 22.6 Å². The van der Waals surface area contributed by atoms with Gasteiger partial charge in [-0.25, -0.2) is 4.98 Å². The number of nitrogens with zero attached hydrogens (tertiary/aromatic N) is 3. The summed E-state index contributed by atoms with van der Waals surface area (Å²) in [5.41, 5.74) is 2.62. The Bertz CT molecular complexity index is 1400. The summed E-state index contributed by atoms with van der Waals surface area (Å²) in [5, 5.41) is 0. The Hall–Kier alpha value is -4.20. The van der Waals surface area contributed by atoms with Gasteiger partial charge in [0.15, 0.2) is 11.5 Å². The molecule has 0 radical (unpaired) electrons. The summed E-state index contributed by atoms with van der Waals surface area (Å²) >= 11 is 0. The molecule has 2 heterocycles. The Morgan fingerprint density at radius 3 is 2.43 bits per heavy atom. The summed E-state index contributed by atoms with van der Waals surface area (Å²) in [6, 6.07) is 21.2. The number of carbonyl (C=O) groups excluding carboxylic acids is 1. The fourth-order valence-corrected chi connectivity index (χ4v) is 4.85. The first-order valence-electron chi connectivity index (χ1n) is 12.4. The molecule has 0 saturated carbocycles. The van der Waals surface area contributed by atoms with E-state index >= 15 is 0 Å². The molecule has 0 spiro atoms. The number of benzene rings is 3. The van der Waals surface area contributed by atoms with Gasteiger partial charge in [-0.05, 0) is 43.3 Å². The standard InChI is InChI=1S/C29H31N3O5/c1-4-36-26-11-7-8-12-27(26)37-16-15-31-23-10-6-5-9-22(23)30-29(31)20-17-28(33)32(19-20)24-18-21(34-2)13-14-25(24)35-3/h5-14,18,20H,4,15-17,19H2,1-3H3. The molecule has 1 aromatic heterocycles. The van der Waals surface area contributed by atoms with Gasteiger partial charge in [0, 0.05) is 24.9 Å². The molecular weight excluding hydrogens is 470 g/mol. The van der Waals surface area contributed by atoms with Crippen molar-refractivity contribution in [3.05, 3.63) is 72.6 Å². The highest BCUT2D eigenvalue weighted by Gasteiger charge is 2.36. The molecule has 1 amide bonds. The lowest BCUT2D eigenvalue weighted by Crippen LogP contribution is -2.25. The van der Waals surface area contributed by atoms with Crippen LogP contribution in [-0.4, -0.2) is 49.4 Å². The average molecular weight is 502 g/mol. The predicted molar refractivity (Wildman–Crippen MR) is 142 cm³/mol. The number of imidazole rings is 1. The van der Waals surface area contributed by atoms with Crippen LogP contribution in [0.2, 0.25) is 0 Å². The molecule has 1 aliphatic rings. The Kier molecular flexibility index (Phi) is 7.16. The molecule has 5 rings (SSSR count). The zero-order valence-electron chi connectivity index (χ0n) is 21.3. The van der Waals surface area contributed by atoms with E-state index in [1.807, 2.05) is 67.6 Å². The molecule has 1 aliphatic heterocycles. The van der Waals surface area contributed by atoms with E-state index < -0.39 is 0 Å². The van der Waals surface area contributed by atoms with E-state index in [4.69, 9.17) is 23.9 Å². The van der Waals surface area contributed by atoms with Crippen molar-refractivity contribution in [2.75, 3.05) is 38.9 Å². The molecular formula is C29H31N3O5. The molecule has 8 nitrogen and oxygen atoms in total. The van der Waals surface area contributed by atoms with Crippen LogP contribution in [0.25, 0.3) is 11.0 Å². The van der Waals surface area contributed by atoms with Crippen LogP contribution in [0.5, 0.6) is 23.0 Å². The van der Waals surface area contributed by atoms with Crippen molar-refractivity contribution in [3.8, 4) is 23.0 Å². The minimum atomic E-state index is -0.0773. The molecule has 192 valence electrons. The van der Waals surface area contributed by atoms with Gasteiger partial charge in [0.1, 0.15) is 23.9 Å². The summed E-state index contributed by atoms with van der Waals surface area (Å²) < 4.78 is 24.9. The van der Waals surface area contributed by atoms with Gasteiger partial charge in [-0.2, -0.15) is 0 Å². The number of rotatable bonds is 10. The Morgan fingerprint density at radius 2 is 1.68 bits per heavy atom. The van der Waals surface area contributed by atoms with Crippen molar-refractivity contribution in [2.24, 2.45) is 0 Å². The lowest BCUT2D eigenvalue weighted by atomic mass is 10.1. The maximum atomic E-state index is 13.2. The quantitative estimate of drug-likeness (QED) is 0.303. The van der Waals surface area contributed by atoms with E-state index in [1.165, 1.54) is 0 Å². The highest BCUT2D eigenvalue weighted by atomic mass is 16.5. The molecule has 0 N–H and O–H groups in total. The number of amides is 1. The second kappa shape index (κ2) is 10.8. The summed E-state index contributed by atoms with van der Waals surface area (Å²) in [4.78, 5) is 19.9. The monoisotopic (exact) mass is 501 g/mol. The number of fused-ring (bicyclic) bond motifs is 1. The minimum absolute atomic E-state index is 0.0250. The molecule has 8 heteroatoms. The van der Waals surface area contributed by atoms with Crippen molar-refractivity contribution in [2.45, 2.75) is 25.8 Å². The fourth-order valence-electron chi connectivity index (χ4n) is 4.85. The molecule has 1 saturated heterocycles. The van der Waals surface area contributed by atoms with Crippen LogP contribution in [0.1, 0.15) is 25.1 Å². The highest BCUT2D eigenvalue weighted by Crippen LogP contribution is 2.39. The van der Waals surface area contributed by atoms with Crippen LogP contribution in [0, 0.1) is 0 Å². The average Bonchev–Trinajstić information content (AvgIpc) is 3.49. The van der Waals surface area contributed by atoms with Gasteiger partial charge in [-0.15, -0.1) is 0 Å². The van der Waals surface area contributed by atoms with Crippen LogP contribution in [-0.2, 0) is 11.3 Å². The van der Waals surface area contributed by atoms with E-state index in [0.717, 1.165) is 22.6 Å². The number of ether oxygens (including phenoxy) is 4. The van der Waals surface area contributed by atoms with Crippen LogP contribution in [0.15, 0.2) is 66.7 Å². The van der Waals surface area contributed by atoms with E-state index in [9.17, 15) is 4.79 Å². The first-order valence-corrected chi connectivity index (χ1v) is 12.4. The third kappa shape index (κ3) is 4.91. The van der Waals surface area contributed by atoms with E-state index in [-0.39, 0.29) is 11.8 Å². The minimum Gasteiger partial charge on any atom is -0.497 e. The smallest absolute Gasteiger partial charge is 0.227 e. The Morgan fingerprint density at radius 1 is 0.919 bits per heavy atom. The van der Waals surface area contributed by atoms with Gasteiger partial charge in [0.05, 0.1) is 44.1 Å². The summed E-state index contributed by atoms with van der Waals surface area (Å²) in [6.07, 6.45) is 0.359. The van der Waals surface area contributed by atoms with Gasteiger partial charge < -0.3 is 28.4 Å². The Balaban J connectivity index is 1.41. The summed E-state index contributed by atoms with van der Waals surface area (Å²) in [6.45, 7) is 4.05. The van der Waals surface area contributed by atoms with Gasteiger partial charge in [-0.3, -0.25) is 4.79 Å². The van der Waals surface area contributed by atoms with Gasteiger partial charge in [0.2, 0.25) is 5.91 Å². The molecule has 1 fully saturated rings. The van der Waals surface area contributed by atoms with Crippen LogP contribution in [0.3, 0.4) is 0 Å². The fraction of sp³-hybridized carbons (Fsp3) is 0.310. The predicted octanol–water partition coefficient (Wildman–Crippen LogP) is 5.05. The van der Waals surface area contributed by atoms with E-state index in [0.29, 0.717) is 55.7 Å². The maximum Gasteiger partial charge on any atom is 0.227 e. The molecule has 0 aliphatic carbocycles. The van der Waals surface area contributed by atoms with Crippen molar-refractivity contribution < 1.29 is 23.7 Å². The van der Waals surface area contributed by atoms with E-state index in [1.54, 1.807) is 19.1 Å². The Labute approximate surface area is 216 Å². The largest absolute Gasteiger partial charge is 0.497 e. The van der Waals surface area contributed by atoms with Crippen molar-refractivity contribution in [1.82, 2.24) is 9.55 Å². The number of methoxy groups -OCH3 is 2. The lowest BCUT2D eigenvalue weighted by molar-refractivity contribution is -0.117. The molecule has 1 unspecified atom stereocenters. The highest BCUT2D eigenvalue weighted by molar-refractivity contribution is 5.98. The van der Waals surface area contributed by atoms with Crippen molar-refractivity contribution in [3.63, 3.8) is 0 Å². The molecule has 37 heavy (non-hydrogen) atoms. The number of hydrogen-bond donors (Lipinski definition) is 0. The van der Waals surface area contributed by atoms with Crippen LogP contribution >= 0.6 is 0 Å². The van der Waals surface area contributed by atoms with Crippen LogP contribution < -0.4 is 23.8 Å². The van der Waals surface area contributed by atoms with E-state index in [2.05, 4.69) is 10.6 Å². The lowest BCUT2D eigenvalue weighted by Gasteiger charge is -2.20. The third-order valence-electron chi connectivity index (χ3n) is 6.57.